The monoisotopic (exact) mass is 537 g/mol. The summed E-state index contributed by atoms with van der Waals surface area (Å²) in [6.45, 7) is 0.622. The molecule has 0 amide bonds. The molecular formula is C21H18ClF6N5O3. The van der Waals surface area contributed by atoms with Gasteiger partial charge in [-0.3, -0.25) is 4.79 Å². The van der Waals surface area contributed by atoms with E-state index < -0.39 is 54.7 Å². The minimum Gasteiger partial charge on any atom is -0.463 e. The number of anilines is 1. The summed E-state index contributed by atoms with van der Waals surface area (Å²) < 4.78 is 84.9. The van der Waals surface area contributed by atoms with Crippen LogP contribution in [0.5, 0.6) is 0 Å². The van der Waals surface area contributed by atoms with E-state index in [9.17, 15) is 36.2 Å². The third-order valence-electron chi connectivity index (χ3n) is 5.58. The predicted octanol–water partition coefficient (Wildman–Crippen LogP) is 4.46. The molecule has 0 saturated heterocycles. The fourth-order valence-electron chi connectivity index (χ4n) is 4.11. The van der Waals surface area contributed by atoms with Gasteiger partial charge in [-0.2, -0.15) is 36.3 Å². The van der Waals surface area contributed by atoms with Gasteiger partial charge in [0.05, 0.1) is 12.1 Å². The van der Waals surface area contributed by atoms with Crippen molar-refractivity contribution >= 4 is 34.4 Å². The van der Waals surface area contributed by atoms with Crippen LogP contribution in [0, 0.1) is 0 Å². The Labute approximate surface area is 204 Å². The first-order chi connectivity index (χ1) is 16.7. The van der Waals surface area contributed by atoms with Gasteiger partial charge in [-0.05, 0) is 30.2 Å². The van der Waals surface area contributed by atoms with E-state index in [1.165, 1.54) is 0 Å². The maximum atomic E-state index is 13.4. The summed E-state index contributed by atoms with van der Waals surface area (Å²) in [4.78, 5) is 24.5. The Bertz CT molecular complexity index is 1260. The lowest BCUT2D eigenvalue weighted by Gasteiger charge is -2.37. The number of carbonyl (C=O) groups excluding carboxylic acids is 1. The number of aromatic amines is 1. The molecule has 1 aliphatic rings. The van der Waals surface area contributed by atoms with Crippen molar-refractivity contribution in [2.75, 3.05) is 18.1 Å². The molecule has 0 radical (unpaired) electrons. The van der Waals surface area contributed by atoms with Crippen LogP contribution in [0.1, 0.15) is 42.3 Å². The number of halogens is 7. The smallest absolute Gasteiger partial charge is 0.451 e. The lowest BCUT2D eigenvalue weighted by Crippen LogP contribution is -2.40. The number of ether oxygens (including phenoxy) is 1. The van der Waals surface area contributed by atoms with E-state index in [1.807, 2.05) is 0 Å². The number of aliphatic hydroxyl groups is 1. The molecule has 8 nitrogen and oxygen atoms in total. The van der Waals surface area contributed by atoms with Crippen LogP contribution in [-0.4, -0.2) is 50.3 Å². The summed E-state index contributed by atoms with van der Waals surface area (Å²) in [6, 6.07) is 3.99. The number of rotatable bonds is 5. The first-order valence-electron chi connectivity index (χ1n) is 10.5. The second-order valence-electron chi connectivity index (χ2n) is 8.14. The SMILES string of the molecule is CC(=O)OC[C@@H](O)C[C@H]1c2[nH]c3ccc(Cl)cc3c2CCN1c1nc(C(F)(F)F)nc(C(F)(F)F)n1. The summed E-state index contributed by atoms with van der Waals surface area (Å²) >= 11 is 6.10. The Hall–Kier alpha value is -3.13. The minimum atomic E-state index is -5.26. The number of fused-ring (bicyclic) bond motifs is 3. The third kappa shape index (κ3) is 5.33. The maximum absolute atomic E-state index is 13.4. The zero-order valence-electron chi connectivity index (χ0n) is 18.4. The average molecular weight is 538 g/mol. The average Bonchev–Trinajstić information content (AvgIpc) is 3.14. The van der Waals surface area contributed by atoms with E-state index in [4.69, 9.17) is 16.3 Å². The van der Waals surface area contributed by atoms with Crippen molar-refractivity contribution in [3.05, 3.63) is 46.1 Å². The van der Waals surface area contributed by atoms with Crippen LogP contribution in [0.4, 0.5) is 32.3 Å². The Balaban J connectivity index is 1.83. The van der Waals surface area contributed by atoms with Gasteiger partial charge in [0.1, 0.15) is 6.61 Å². The Kier molecular flexibility index (Phi) is 6.77. The van der Waals surface area contributed by atoms with Crippen LogP contribution in [0.2, 0.25) is 5.02 Å². The first-order valence-corrected chi connectivity index (χ1v) is 10.9. The molecule has 2 atom stereocenters. The first kappa shape index (κ1) is 25.9. The van der Waals surface area contributed by atoms with Gasteiger partial charge < -0.3 is 19.7 Å². The highest BCUT2D eigenvalue weighted by molar-refractivity contribution is 6.31. The van der Waals surface area contributed by atoms with E-state index in [1.54, 1.807) is 18.2 Å². The molecule has 0 aliphatic carbocycles. The van der Waals surface area contributed by atoms with Crippen LogP contribution in [0.15, 0.2) is 18.2 Å². The molecule has 3 heterocycles. The minimum absolute atomic E-state index is 0.0734. The topological polar surface area (TPSA) is 104 Å². The number of aromatic nitrogens is 4. The van der Waals surface area contributed by atoms with Crippen molar-refractivity contribution in [1.82, 2.24) is 19.9 Å². The molecule has 0 unspecified atom stereocenters. The van der Waals surface area contributed by atoms with Crippen molar-refractivity contribution in [2.24, 2.45) is 0 Å². The lowest BCUT2D eigenvalue weighted by atomic mass is 9.94. The number of aliphatic hydroxyl groups excluding tert-OH is 1. The van der Waals surface area contributed by atoms with Gasteiger partial charge in [0.2, 0.25) is 17.6 Å². The molecule has 36 heavy (non-hydrogen) atoms. The molecule has 0 saturated carbocycles. The molecule has 15 heteroatoms. The highest BCUT2D eigenvalue weighted by atomic mass is 35.5. The van der Waals surface area contributed by atoms with Gasteiger partial charge in [0.25, 0.3) is 0 Å². The van der Waals surface area contributed by atoms with Crippen LogP contribution < -0.4 is 4.90 Å². The molecule has 2 aromatic heterocycles. The van der Waals surface area contributed by atoms with Gasteiger partial charge in [-0.15, -0.1) is 0 Å². The second kappa shape index (κ2) is 9.39. The van der Waals surface area contributed by atoms with E-state index in [0.29, 0.717) is 16.2 Å². The number of nitrogens with one attached hydrogen (secondary N) is 1. The maximum Gasteiger partial charge on any atom is 0.451 e. The van der Waals surface area contributed by atoms with Crippen LogP contribution >= 0.6 is 11.6 Å². The number of carbonyl (C=O) groups is 1. The highest BCUT2D eigenvalue weighted by Gasteiger charge is 2.43. The number of esters is 1. The molecule has 194 valence electrons. The normalized spacial score (nSPS) is 17.2. The van der Waals surface area contributed by atoms with Crippen molar-refractivity contribution in [2.45, 2.75) is 44.3 Å². The quantitative estimate of drug-likeness (QED) is 0.366. The number of H-pyrrole nitrogens is 1. The second-order valence-corrected chi connectivity index (χ2v) is 8.57. The number of benzene rings is 1. The molecule has 1 aliphatic heterocycles. The van der Waals surface area contributed by atoms with E-state index in [2.05, 4.69) is 19.9 Å². The molecule has 1 aromatic carbocycles. The van der Waals surface area contributed by atoms with E-state index in [-0.39, 0.29) is 19.4 Å². The number of alkyl halides is 6. The largest absolute Gasteiger partial charge is 0.463 e. The molecule has 0 fully saturated rings. The van der Waals surface area contributed by atoms with Gasteiger partial charge in [-0.25, -0.2) is 4.98 Å². The number of hydrogen-bond donors (Lipinski definition) is 2. The van der Waals surface area contributed by atoms with E-state index in [0.717, 1.165) is 22.8 Å². The summed E-state index contributed by atoms with van der Waals surface area (Å²) in [5, 5.41) is 11.6. The highest BCUT2D eigenvalue weighted by Crippen LogP contribution is 2.40. The van der Waals surface area contributed by atoms with Crippen molar-refractivity contribution in [3.63, 3.8) is 0 Å². The Morgan fingerprint density at radius 2 is 1.83 bits per heavy atom. The Morgan fingerprint density at radius 3 is 2.42 bits per heavy atom. The zero-order chi connectivity index (χ0) is 26.4. The number of nitrogens with zero attached hydrogens (tertiary/aromatic N) is 4. The third-order valence-corrected chi connectivity index (χ3v) is 5.81. The molecule has 3 aromatic rings. The Morgan fingerprint density at radius 1 is 1.19 bits per heavy atom. The fourth-order valence-corrected chi connectivity index (χ4v) is 4.28. The van der Waals surface area contributed by atoms with Crippen LogP contribution in [0.3, 0.4) is 0 Å². The predicted molar refractivity (Wildman–Crippen MR) is 114 cm³/mol. The molecule has 2 N–H and O–H groups in total. The van der Waals surface area contributed by atoms with Gasteiger partial charge in [0, 0.05) is 41.5 Å². The van der Waals surface area contributed by atoms with Gasteiger partial charge in [-0.1, -0.05) is 11.6 Å². The van der Waals surface area contributed by atoms with Crippen molar-refractivity contribution in [1.29, 1.82) is 0 Å². The van der Waals surface area contributed by atoms with Gasteiger partial charge >= 0.3 is 18.3 Å². The summed E-state index contributed by atoms with van der Waals surface area (Å²) in [6.07, 6.45) is -11.8. The zero-order valence-corrected chi connectivity index (χ0v) is 19.2. The summed E-state index contributed by atoms with van der Waals surface area (Å²) in [7, 11) is 0. The number of hydrogen-bond acceptors (Lipinski definition) is 7. The van der Waals surface area contributed by atoms with Crippen molar-refractivity contribution in [3.8, 4) is 0 Å². The lowest BCUT2D eigenvalue weighted by molar-refractivity contribution is -0.155. The molecule has 0 bridgehead atoms. The molecule has 4 rings (SSSR count). The molecular weight excluding hydrogens is 520 g/mol. The van der Waals surface area contributed by atoms with Crippen molar-refractivity contribution < 1.29 is 41.0 Å². The molecule has 0 spiro atoms. The summed E-state index contributed by atoms with van der Waals surface area (Å²) in [5.41, 5.74) is 1.80. The van der Waals surface area contributed by atoms with Crippen LogP contribution in [0.25, 0.3) is 10.9 Å². The summed E-state index contributed by atoms with van der Waals surface area (Å²) in [5.74, 6) is -5.50. The fraction of sp³-hybridized carbons (Fsp3) is 0.429. The van der Waals surface area contributed by atoms with E-state index >= 15 is 0 Å². The van der Waals surface area contributed by atoms with Crippen LogP contribution in [-0.2, 0) is 28.3 Å². The standard InChI is InChI=1S/C21H18ClF6N5O3/c1-9(34)36-8-11(35)7-15-16-12(13-6-10(22)2-3-14(13)29-16)4-5-33(15)19-31-17(20(23,24)25)30-18(32-19)21(26,27)28/h2-3,6,11,15,29,35H,4-5,7-8H2,1H3/t11-,15-/m0/s1. The van der Waals surface area contributed by atoms with Gasteiger partial charge in [0.15, 0.2) is 0 Å².